The van der Waals surface area contributed by atoms with E-state index >= 15 is 0 Å². The molecule has 8 N–H and O–H groups in total. The Balaban J connectivity index is 2.41. The van der Waals surface area contributed by atoms with Crippen molar-refractivity contribution < 1.29 is 28.8 Å². The minimum atomic E-state index is -1.11. The molecule has 16 heteroatoms. The van der Waals surface area contributed by atoms with E-state index < -0.39 is 70.9 Å². The molecule has 1 saturated heterocycles. The Labute approximate surface area is 234 Å². The zero-order chi connectivity index (χ0) is 29.3. The number of amides is 6. The van der Waals surface area contributed by atoms with Crippen LogP contribution in [0, 0.1) is 5.92 Å². The molecule has 0 aliphatic carbocycles. The second-order valence-electron chi connectivity index (χ2n) is 9.53. The van der Waals surface area contributed by atoms with Gasteiger partial charge in [0.25, 0.3) is 0 Å². The Morgan fingerprint density at radius 3 is 2.31 bits per heavy atom. The van der Waals surface area contributed by atoms with Crippen LogP contribution in [0.1, 0.15) is 40.3 Å². The van der Waals surface area contributed by atoms with Crippen molar-refractivity contribution in [3.05, 3.63) is 18.2 Å². The summed E-state index contributed by atoms with van der Waals surface area (Å²) in [7, 11) is 2.38. The highest BCUT2D eigenvalue weighted by molar-refractivity contribution is 8.77. The summed E-state index contributed by atoms with van der Waals surface area (Å²) in [6.45, 7) is 7.83. The first-order chi connectivity index (χ1) is 18.3. The summed E-state index contributed by atoms with van der Waals surface area (Å²) in [5.41, 5.74) is 6.11. The van der Waals surface area contributed by atoms with E-state index in [-0.39, 0.29) is 18.1 Å². The molecular weight excluding hydrogens is 548 g/mol. The number of hydrogen-bond donors (Lipinski definition) is 7. The zero-order valence-corrected chi connectivity index (χ0v) is 24.0. The van der Waals surface area contributed by atoms with Gasteiger partial charge in [-0.15, -0.1) is 0 Å². The highest BCUT2D eigenvalue weighted by Gasteiger charge is 2.34. The number of aromatic nitrogens is 2. The number of carbonyl (C=O) groups excluding carboxylic acids is 6. The highest BCUT2D eigenvalue weighted by Crippen LogP contribution is 2.29. The number of nitrogens with zero attached hydrogens (tertiary/aromatic N) is 1. The van der Waals surface area contributed by atoms with Gasteiger partial charge in [-0.25, -0.2) is 4.98 Å². The van der Waals surface area contributed by atoms with Crippen molar-refractivity contribution in [3.8, 4) is 0 Å². The first-order valence-corrected chi connectivity index (χ1v) is 14.7. The number of imidazole rings is 1. The molecule has 2 rings (SSSR count). The van der Waals surface area contributed by atoms with E-state index in [1.54, 1.807) is 20.8 Å². The van der Waals surface area contributed by atoms with Gasteiger partial charge in [-0.3, -0.25) is 28.8 Å². The molecule has 39 heavy (non-hydrogen) atoms. The molecule has 0 spiro atoms. The van der Waals surface area contributed by atoms with Crippen LogP contribution in [0.5, 0.6) is 0 Å². The van der Waals surface area contributed by atoms with Crippen LogP contribution in [-0.2, 0) is 35.2 Å². The SMILES string of the molecule is CC(=O)N[C@H]1CSSC(C)[C@@H](C(N)=O)NC(=O)[C@H](C(C)C)NC(=O)[C@H](C)NC(=O)[C@H](Cc2cnc[nH]2)NC1=O. The van der Waals surface area contributed by atoms with Gasteiger partial charge in [-0.1, -0.05) is 35.4 Å². The summed E-state index contributed by atoms with van der Waals surface area (Å²) in [5.74, 6) is -4.01. The van der Waals surface area contributed by atoms with Crippen molar-refractivity contribution in [1.82, 2.24) is 36.6 Å². The van der Waals surface area contributed by atoms with E-state index in [1.165, 1.54) is 48.0 Å². The van der Waals surface area contributed by atoms with Crippen LogP contribution in [0.3, 0.4) is 0 Å². The number of nitrogens with one attached hydrogen (secondary N) is 6. The van der Waals surface area contributed by atoms with E-state index in [2.05, 4.69) is 36.6 Å². The van der Waals surface area contributed by atoms with Crippen LogP contribution in [0.2, 0.25) is 0 Å². The average Bonchev–Trinajstić information content (AvgIpc) is 3.36. The number of rotatable bonds is 5. The fourth-order valence-corrected chi connectivity index (χ4v) is 6.25. The van der Waals surface area contributed by atoms with Crippen LogP contribution in [-0.4, -0.2) is 86.6 Å². The van der Waals surface area contributed by atoms with Crippen molar-refractivity contribution >= 4 is 57.0 Å². The smallest absolute Gasteiger partial charge is 0.244 e. The summed E-state index contributed by atoms with van der Waals surface area (Å²) in [6.07, 6.45) is 2.96. The predicted molar refractivity (Wildman–Crippen MR) is 147 cm³/mol. The maximum Gasteiger partial charge on any atom is 0.244 e. The molecule has 1 aliphatic rings. The van der Waals surface area contributed by atoms with Crippen molar-refractivity contribution in [1.29, 1.82) is 0 Å². The highest BCUT2D eigenvalue weighted by atomic mass is 33.1. The normalized spacial score (nSPS) is 27.9. The second-order valence-corrected chi connectivity index (χ2v) is 12.3. The lowest BCUT2D eigenvalue weighted by molar-refractivity contribution is -0.135. The maximum atomic E-state index is 13.2. The maximum absolute atomic E-state index is 13.2. The van der Waals surface area contributed by atoms with Crippen molar-refractivity contribution in [3.63, 3.8) is 0 Å². The van der Waals surface area contributed by atoms with Gasteiger partial charge in [-0.05, 0) is 19.8 Å². The summed E-state index contributed by atoms with van der Waals surface area (Å²) in [5, 5.41) is 12.5. The first kappa shape index (κ1) is 31.9. The van der Waals surface area contributed by atoms with E-state index in [0.29, 0.717) is 5.69 Å². The van der Waals surface area contributed by atoms with Crippen LogP contribution < -0.4 is 32.3 Å². The van der Waals surface area contributed by atoms with Crippen molar-refractivity contribution in [2.24, 2.45) is 11.7 Å². The Bertz CT molecular complexity index is 1050. The van der Waals surface area contributed by atoms with Crippen LogP contribution >= 0.6 is 21.6 Å². The third-order valence-corrected chi connectivity index (χ3v) is 8.74. The van der Waals surface area contributed by atoms with Gasteiger partial charge in [0.1, 0.15) is 30.2 Å². The molecule has 1 aliphatic heterocycles. The molecule has 6 atom stereocenters. The summed E-state index contributed by atoms with van der Waals surface area (Å²) >= 11 is 0. The number of primary amides is 1. The lowest BCUT2D eigenvalue weighted by Crippen LogP contribution is -2.60. The van der Waals surface area contributed by atoms with E-state index in [4.69, 9.17) is 5.73 Å². The Kier molecular flexibility index (Phi) is 12.1. The van der Waals surface area contributed by atoms with Crippen LogP contribution in [0.25, 0.3) is 0 Å². The fourth-order valence-electron chi connectivity index (χ4n) is 3.65. The number of hydrogen-bond acceptors (Lipinski definition) is 9. The number of carbonyl (C=O) groups is 6. The fraction of sp³-hybridized carbons (Fsp3) is 0.609. The van der Waals surface area contributed by atoms with Crippen LogP contribution in [0.15, 0.2) is 12.5 Å². The van der Waals surface area contributed by atoms with Gasteiger partial charge in [0.05, 0.1) is 6.33 Å². The van der Waals surface area contributed by atoms with Gasteiger partial charge in [-0.2, -0.15) is 0 Å². The van der Waals surface area contributed by atoms with Gasteiger partial charge in [0.15, 0.2) is 0 Å². The Hall–Kier alpha value is -3.27. The first-order valence-electron chi connectivity index (χ1n) is 12.3. The molecule has 6 amide bonds. The molecule has 1 unspecified atom stereocenters. The molecule has 0 radical (unpaired) electrons. The quantitative estimate of drug-likeness (QED) is 0.197. The summed E-state index contributed by atoms with van der Waals surface area (Å²) in [4.78, 5) is 83.2. The summed E-state index contributed by atoms with van der Waals surface area (Å²) in [6, 6.07) is -5.30. The molecule has 0 saturated carbocycles. The van der Waals surface area contributed by atoms with Crippen LogP contribution in [0.4, 0.5) is 0 Å². The van der Waals surface area contributed by atoms with Crippen molar-refractivity contribution in [2.45, 2.75) is 76.5 Å². The summed E-state index contributed by atoms with van der Waals surface area (Å²) < 4.78 is 0. The molecule has 2 heterocycles. The zero-order valence-electron chi connectivity index (χ0n) is 22.4. The van der Waals surface area contributed by atoms with Gasteiger partial charge in [0.2, 0.25) is 35.4 Å². The minimum absolute atomic E-state index is 0.0367. The minimum Gasteiger partial charge on any atom is -0.368 e. The number of nitrogens with two attached hydrogens (primary N) is 1. The Morgan fingerprint density at radius 2 is 1.74 bits per heavy atom. The monoisotopic (exact) mass is 584 g/mol. The largest absolute Gasteiger partial charge is 0.368 e. The molecule has 1 aromatic rings. The molecule has 14 nitrogen and oxygen atoms in total. The van der Waals surface area contributed by atoms with Crippen molar-refractivity contribution in [2.75, 3.05) is 5.75 Å². The van der Waals surface area contributed by atoms with E-state index in [9.17, 15) is 28.8 Å². The number of aromatic amines is 1. The standard InChI is InChI=1S/C23H36N8O6S2/c1-10(2)17-23(37)31-18(19(24)33)12(4)39-38-8-16(28-13(5)32)22(36)29-15(6-14-7-25-9-26-14)21(35)27-11(3)20(34)30-17/h7,9-12,15-18H,6,8H2,1-5H3,(H2,24,33)(H,25,26)(H,27,35)(H,28,32)(H,29,36)(H,30,34)(H,31,37)/t11-,12?,15-,16-,17-,18-/m0/s1. The third kappa shape index (κ3) is 9.76. The topological polar surface area (TPSA) is 217 Å². The van der Waals surface area contributed by atoms with Gasteiger partial charge in [0, 0.05) is 36.2 Å². The lowest BCUT2D eigenvalue weighted by atomic mass is 10.0. The second kappa shape index (κ2) is 14.8. The molecule has 1 fully saturated rings. The Morgan fingerprint density at radius 1 is 1.05 bits per heavy atom. The van der Waals surface area contributed by atoms with Gasteiger partial charge >= 0.3 is 0 Å². The van der Waals surface area contributed by atoms with Gasteiger partial charge < -0.3 is 37.3 Å². The molecule has 216 valence electrons. The predicted octanol–water partition coefficient (Wildman–Crippen LogP) is -1.66. The molecule has 0 aromatic carbocycles. The molecular formula is C23H36N8O6S2. The third-order valence-electron chi connectivity index (χ3n) is 5.83. The molecule has 1 aromatic heterocycles. The number of H-pyrrole nitrogens is 1. The average molecular weight is 585 g/mol. The van der Waals surface area contributed by atoms with E-state index in [0.717, 1.165) is 0 Å². The lowest BCUT2D eigenvalue weighted by Gasteiger charge is -2.28. The molecule has 0 bridgehead atoms. The van der Waals surface area contributed by atoms with E-state index in [1.807, 2.05) is 0 Å².